The van der Waals surface area contributed by atoms with Crippen molar-refractivity contribution in [3.63, 3.8) is 0 Å². The van der Waals surface area contributed by atoms with Gasteiger partial charge in [-0.3, -0.25) is 4.40 Å². The van der Waals surface area contributed by atoms with E-state index in [-0.39, 0.29) is 6.04 Å². The average molecular weight is 252 g/mol. The van der Waals surface area contributed by atoms with E-state index in [9.17, 15) is 0 Å². The van der Waals surface area contributed by atoms with Gasteiger partial charge in [-0.2, -0.15) is 0 Å². The Balaban J connectivity index is 2.34. The maximum Gasteiger partial charge on any atom is 0.195 e. The third-order valence-corrected chi connectivity index (χ3v) is 3.79. The minimum Gasteiger partial charge on any atom is -0.323 e. The lowest BCUT2D eigenvalue weighted by molar-refractivity contribution is 0.790. The Bertz CT molecular complexity index is 668. The Morgan fingerprint density at radius 1 is 1.50 bits per heavy atom. The molecule has 0 bridgehead atoms. The highest BCUT2D eigenvalue weighted by Gasteiger charge is 2.10. The first-order valence-electron chi connectivity index (χ1n) is 4.98. The standard InChI is InChI=1S/C11H10ClN3S/c1-6(13)8-5-15-9-3-2-7(12)4-10(9)16-11(15)14-8/h2-6H,13H2,1H3. The topological polar surface area (TPSA) is 43.3 Å². The largest absolute Gasteiger partial charge is 0.323 e. The van der Waals surface area contributed by atoms with Gasteiger partial charge in [-0.25, -0.2) is 4.98 Å². The molecule has 1 unspecified atom stereocenters. The van der Waals surface area contributed by atoms with Crippen molar-refractivity contribution in [2.45, 2.75) is 13.0 Å². The second-order valence-corrected chi connectivity index (χ2v) is 5.27. The van der Waals surface area contributed by atoms with Gasteiger partial charge in [0.05, 0.1) is 15.9 Å². The third-order valence-electron chi connectivity index (χ3n) is 2.54. The van der Waals surface area contributed by atoms with E-state index in [0.29, 0.717) is 0 Å². The van der Waals surface area contributed by atoms with Gasteiger partial charge in [-0.15, -0.1) is 0 Å². The van der Waals surface area contributed by atoms with Crippen LogP contribution in [-0.4, -0.2) is 9.38 Å². The minimum atomic E-state index is -0.0329. The van der Waals surface area contributed by atoms with Crippen molar-refractivity contribution in [2.24, 2.45) is 5.73 Å². The molecule has 0 aliphatic rings. The summed E-state index contributed by atoms with van der Waals surface area (Å²) in [6.45, 7) is 1.94. The Morgan fingerprint density at radius 2 is 2.31 bits per heavy atom. The molecule has 3 rings (SSSR count). The Morgan fingerprint density at radius 3 is 3.06 bits per heavy atom. The normalized spacial score (nSPS) is 13.7. The van der Waals surface area contributed by atoms with Crippen LogP contribution in [0.4, 0.5) is 0 Å². The molecule has 3 aromatic rings. The maximum absolute atomic E-state index is 5.95. The lowest BCUT2D eigenvalue weighted by Gasteiger charge is -1.97. The fourth-order valence-electron chi connectivity index (χ4n) is 1.71. The molecule has 2 N–H and O–H groups in total. The zero-order chi connectivity index (χ0) is 11.3. The number of rotatable bonds is 1. The summed E-state index contributed by atoms with van der Waals surface area (Å²) >= 11 is 7.58. The van der Waals surface area contributed by atoms with E-state index in [1.165, 1.54) is 0 Å². The molecule has 0 saturated heterocycles. The number of thiazole rings is 1. The van der Waals surface area contributed by atoms with E-state index in [0.717, 1.165) is 25.9 Å². The number of halogens is 1. The Labute approximate surface area is 101 Å². The average Bonchev–Trinajstić information content (AvgIpc) is 2.73. The van der Waals surface area contributed by atoms with Gasteiger partial charge in [0, 0.05) is 17.3 Å². The molecule has 1 aromatic carbocycles. The first-order chi connectivity index (χ1) is 7.65. The van der Waals surface area contributed by atoms with Crippen LogP contribution in [0.25, 0.3) is 15.2 Å². The van der Waals surface area contributed by atoms with Gasteiger partial charge in [-0.1, -0.05) is 22.9 Å². The van der Waals surface area contributed by atoms with Gasteiger partial charge in [-0.05, 0) is 25.1 Å². The molecule has 0 radical (unpaired) electrons. The van der Waals surface area contributed by atoms with Gasteiger partial charge in [0.1, 0.15) is 0 Å². The van der Waals surface area contributed by atoms with Crippen molar-refractivity contribution in [1.29, 1.82) is 0 Å². The van der Waals surface area contributed by atoms with Crippen molar-refractivity contribution >= 4 is 38.1 Å². The molecule has 2 aromatic heterocycles. The molecule has 0 saturated carbocycles. The van der Waals surface area contributed by atoms with E-state index in [1.807, 2.05) is 31.3 Å². The maximum atomic E-state index is 5.95. The van der Waals surface area contributed by atoms with Crippen LogP contribution in [0.1, 0.15) is 18.7 Å². The summed E-state index contributed by atoms with van der Waals surface area (Å²) in [4.78, 5) is 5.46. The van der Waals surface area contributed by atoms with Crippen molar-refractivity contribution in [1.82, 2.24) is 9.38 Å². The van der Waals surface area contributed by atoms with E-state index in [2.05, 4.69) is 9.38 Å². The predicted octanol–water partition coefficient (Wildman–Crippen LogP) is 3.22. The zero-order valence-corrected chi connectivity index (χ0v) is 10.2. The number of aromatic nitrogens is 2. The number of hydrogen-bond donors (Lipinski definition) is 1. The number of fused-ring (bicyclic) bond motifs is 3. The molecule has 0 amide bonds. The summed E-state index contributed by atoms with van der Waals surface area (Å²) in [5.74, 6) is 0. The molecule has 0 spiro atoms. The summed E-state index contributed by atoms with van der Waals surface area (Å²) in [7, 11) is 0. The summed E-state index contributed by atoms with van der Waals surface area (Å²) in [5, 5.41) is 0.754. The van der Waals surface area contributed by atoms with Crippen LogP contribution in [-0.2, 0) is 0 Å². The van der Waals surface area contributed by atoms with Crippen LogP contribution in [0.5, 0.6) is 0 Å². The Hall–Kier alpha value is -1.10. The first kappa shape index (κ1) is 10.1. The molecular formula is C11H10ClN3S. The molecule has 16 heavy (non-hydrogen) atoms. The van der Waals surface area contributed by atoms with Crippen LogP contribution in [0.3, 0.4) is 0 Å². The van der Waals surface area contributed by atoms with Gasteiger partial charge >= 0.3 is 0 Å². The monoisotopic (exact) mass is 251 g/mol. The summed E-state index contributed by atoms with van der Waals surface area (Å²) in [5.41, 5.74) is 7.86. The van der Waals surface area contributed by atoms with Gasteiger partial charge < -0.3 is 5.73 Å². The third kappa shape index (κ3) is 1.42. The fraction of sp³-hybridized carbons (Fsp3) is 0.182. The van der Waals surface area contributed by atoms with Crippen LogP contribution in [0.15, 0.2) is 24.4 Å². The van der Waals surface area contributed by atoms with Crippen molar-refractivity contribution in [2.75, 3.05) is 0 Å². The van der Waals surface area contributed by atoms with Gasteiger partial charge in [0.25, 0.3) is 0 Å². The van der Waals surface area contributed by atoms with Crippen molar-refractivity contribution in [3.8, 4) is 0 Å². The molecule has 82 valence electrons. The fourth-order valence-corrected chi connectivity index (χ4v) is 3.00. The molecule has 5 heteroatoms. The molecule has 0 aliphatic carbocycles. The van der Waals surface area contributed by atoms with Crippen molar-refractivity contribution < 1.29 is 0 Å². The number of nitrogens with two attached hydrogens (primary N) is 1. The van der Waals surface area contributed by atoms with Gasteiger partial charge in [0.15, 0.2) is 4.96 Å². The molecule has 1 atom stereocenters. The number of imidazole rings is 1. The van der Waals surface area contributed by atoms with Crippen molar-refractivity contribution in [3.05, 3.63) is 35.1 Å². The summed E-state index contributed by atoms with van der Waals surface area (Å²) in [6, 6.07) is 5.83. The second kappa shape index (κ2) is 3.45. The highest BCUT2D eigenvalue weighted by molar-refractivity contribution is 7.23. The van der Waals surface area contributed by atoms with Gasteiger partial charge in [0.2, 0.25) is 0 Å². The smallest absolute Gasteiger partial charge is 0.195 e. The quantitative estimate of drug-likeness (QED) is 0.722. The molecular weight excluding hydrogens is 242 g/mol. The Kier molecular flexibility index (Phi) is 2.17. The van der Waals surface area contributed by atoms with E-state index >= 15 is 0 Å². The number of nitrogens with zero attached hydrogens (tertiary/aromatic N) is 2. The lowest BCUT2D eigenvalue weighted by Crippen LogP contribution is -2.04. The van der Waals surface area contributed by atoms with Crippen LogP contribution in [0.2, 0.25) is 5.02 Å². The minimum absolute atomic E-state index is 0.0329. The zero-order valence-electron chi connectivity index (χ0n) is 8.64. The number of benzene rings is 1. The lowest BCUT2D eigenvalue weighted by atomic mass is 10.3. The van der Waals surface area contributed by atoms with Crippen LogP contribution < -0.4 is 5.73 Å². The molecule has 2 heterocycles. The number of hydrogen-bond acceptors (Lipinski definition) is 3. The second-order valence-electron chi connectivity index (χ2n) is 3.82. The summed E-state index contributed by atoms with van der Waals surface area (Å²) in [6.07, 6.45) is 1.99. The molecule has 0 fully saturated rings. The van der Waals surface area contributed by atoms with E-state index < -0.39 is 0 Å². The van der Waals surface area contributed by atoms with Crippen LogP contribution in [0, 0.1) is 0 Å². The van der Waals surface area contributed by atoms with Crippen LogP contribution >= 0.6 is 22.9 Å². The first-order valence-corrected chi connectivity index (χ1v) is 6.17. The highest BCUT2D eigenvalue weighted by atomic mass is 35.5. The molecule has 0 aliphatic heterocycles. The molecule has 3 nitrogen and oxygen atoms in total. The van der Waals surface area contributed by atoms with E-state index in [1.54, 1.807) is 11.3 Å². The summed E-state index contributed by atoms with van der Waals surface area (Å²) < 4.78 is 3.21. The SMILES string of the molecule is CC(N)c1cn2c(n1)sc1cc(Cl)ccc12. The predicted molar refractivity (Wildman–Crippen MR) is 68.2 cm³/mol. The highest BCUT2D eigenvalue weighted by Crippen LogP contribution is 2.29. The van der Waals surface area contributed by atoms with E-state index in [4.69, 9.17) is 17.3 Å².